The number of hydrogen-bond acceptors (Lipinski definition) is 3. The van der Waals surface area contributed by atoms with E-state index in [1.54, 1.807) is 24.5 Å². The molecule has 4 nitrogen and oxygen atoms in total. The molecular formula is C16H20N2O2S. The number of pyridine rings is 1. The molecule has 2 aromatic rings. The van der Waals surface area contributed by atoms with Gasteiger partial charge in [0.05, 0.1) is 10.6 Å². The van der Waals surface area contributed by atoms with E-state index >= 15 is 0 Å². The monoisotopic (exact) mass is 304 g/mol. The maximum Gasteiger partial charge on any atom is 0.262 e. The third kappa shape index (κ3) is 2.78. The van der Waals surface area contributed by atoms with E-state index in [4.69, 9.17) is 0 Å². The second-order valence-electron chi connectivity index (χ2n) is 5.30. The van der Waals surface area contributed by atoms with Gasteiger partial charge < -0.3 is 0 Å². The highest BCUT2D eigenvalue weighted by Crippen LogP contribution is 2.30. The Morgan fingerprint density at radius 2 is 1.24 bits per heavy atom. The van der Waals surface area contributed by atoms with Crippen molar-refractivity contribution in [3.63, 3.8) is 0 Å². The first-order valence-electron chi connectivity index (χ1n) is 6.75. The lowest BCUT2D eigenvalue weighted by Crippen LogP contribution is -2.17. The Bertz CT molecular complexity index is 753. The molecule has 21 heavy (non-hydrogen) atoms. The lowest BCUT2D eigenvalue weighted by molar-refractivity contribution is 0.599. The molecule has 0 fully saturated rings. The minimum Gasteiger partial charge on any atom is -0.280 e. The third-order valence-electron chi connectivity index (χ3n) is 4.13. The van der Waals surface area contributed by atoms with Gasteiger partial charge in [-0.3, -0.25) is 9.71 Å². The molecule has 1 N–H and O–H groups in total. The van der Waals surface area contributed by atoms with Crippen molar-refractivity contribution in [2.75, 3.05) is 4.72 Å². The molecule has 5 heteroatoms. The first-order valence-corrected chi connectivity index (χ1v) is 8.24. The zero-order valence-corrected chi connectivity index (χ0v) is 13.8. The Morgan fingerprint density at radius 3 is 1.71 bits per heavy atom. The van der Waals surface area contributed by atoms with Crippen molar-refractivity contribution in [1.82, 2.24) is 4.98 Å². The van der Waals surface area contributed by atoms with Crippen molar-refractivity contribution in [3.8, 4) is 0 Å². The summed E-state index contributed by atoms with van der Waals surface area (Å²) in [5.74, 6) is 0. The van der Waals surface area contributed by atoms with Gasteiger partial charge in [0.25, 0.3) is 10.0 Å². The van der Waals surface area contributed by atoms with Crippen LogP contribution >= 0.6 is 0 Å². The van der Waals surface area contributed by atoms with Crippen LogP contribution in [0.5, 0.6) is 0 Å². The first-order chi connectivity index (χ1) is 9.75. The van der Waals surface area contributed by atoms with E-state index in [1.807, 2.05) is 34.6 Å². The topological polar surface area (TPSA) is 59.1 Å². The van der Waals surface area contributed by atoms with E-state index in [0.717, 1.165) is 27.8 Å². The molecule has 0 unspecified atom stereocenters. The van der Waals surface area contributed by atoms with E-state index in [2.05, 4.69) is 9.71 Å². The van der Waals surface area contributed by atoms with Crippen LogP contribution in [0.25, 0.3) is 0 Å². The summed E-state index contributed by atoms with van der Waals surface area (Å²) in [5.41, 5.74) is 5.31. The van der Waals surface area contributed by atoms with Crippen molar-refractivity contribution in [3.05, 3.63) is 52.3 Å². The Balaban J connectivity index is 2.61. The minimum absolute atomic E-state index is 0.375. The SMILES string of the molecule is Cc1c(C)c(C)c(S(=O)(=O)Nc2ccncc2)c(C)c1C. The van der Waals surface area contributed by atoms with Crippen molar-refractivity contribution in [2.24, 2.45) is 0 Å². The summed E-state index contributed by atoms with van der Waals surface area (Å²) in [6.07, 6.45) is 3.12. The van der Waals surface area contributed by atoms with Crippen LogP contribution in [0, 0.1) is 34.6 Å². The Hall–Kier alpha value is -1.88. The number of benzene rings is 1. The summed E-state index contributed by atoms with van der Waals surface area (Å²) in [7, 11) is -3.61. The number of hydrogen-bond donors (Lipinski definition) is 1. The van der Waals surface area contributed by atoms with Crippen LogP contribution in [0.15, 0.2) is 29.4 Å². The Labute approximate surface area is 126 Å². The Kier molecular flexibility index (Phi) is 4.05. The maximum absolute atomic E-state index is 12.7. The summed E-state index contributed by atoms with van der Waals surface area (Å²) >= 11 is 0. The fraction of sp³-hybridized carbons (Fsp3) is 0.312. The van der Waals surface area contributed by atoms with Gasteiger partial charge in [0, 0.05) is 12.4 Å². The van der Waals surface area contributed by atoms with E-state index in [1.165, 1.54) is 0 Å². The van der Waals surface area contributed by atoms with Gasteiger partial charge in [-0.15, -0.1) is 0 Å². The van der Waals surface area contributed by atoms with Gasteiger partial charge in [-0.25, -0.2) is 8.42 Å². The normalized spacial score (nSPS) is 11.5. The third-order valence-corrected chi connectivity index (χ3v) is 5.79. The number of sulfonamides is 1. The van der Waals surface area contributed by atoms with Gasteiger partial charge >= 0.3 is 0 Å². The summed E-state index contributed by atoms with van der Waals surface area (Å²) in [4.78, 5) is 4.26. The smallest absolute Gasteiger partial charge is 0.262 e. The quantitative estimate of drug-likeness (QED) is 0.945. The van der Waals surface area contributed by atoms with Crippen LogP contribution in [0.4, 0.5) is 5.69 Å². The molecule has 2 rings (SSSR count). The second-order valence-corrected chi connectivity index (χ2v) is 6.91. The molecule has 1 heterocycles. The number of rotatable bonds is 3. The molecule has 0 radical (unpaired) electrons. The molecule has 0 saturated heterocycles. The summed E-state index contributed by atoms with van der Waals surface area (Å²) < 4.78 is 28.1. The molecular weight excluding hydrogens is 284 g/mol. The number of nitrogens with zero attached hydrogens (tertiary/aromatic N) is 1. The van der Waals surface area contributed by atoms with Crippen LogP contribution in [-0.2, 0) is 10.0 Å². The lowest BCUT2D eigenvalue weighted by atomic mass is 9.95. The highest BCUT2D eigenvalue weighted by atomic mass is 32.2. The summed E-state index contributed by atoms with van der Waals surface area (Å²) in [5, 5.41) is 0. The van der Waals surface area contributed by atoms with Crippen molar-refractivity contribution >= 4 is 15.7 Å². The number of nitrogens with one attached hydrogen (secondary N) is 1. The van der Waals surface area contributed by atoms with Crippen LogP contribution in [0.2, 0.25) is 0 Å². The minimum atomic E-state index is -3.61. The zero-order chi connectivity index (χ0) is 15.8. The average Bonchev–Trinajstić information content (AvgIpc) is 2.43. The van der Waals surface area contributed by atoms with Gasteiger partial charge in [0.15, 0.2) is 0 Å². The van der Waals surface area contributed by atoms with Crippen molar-refractivity contribution < 1.29 is 8.42 Å². The lowest BCUT2D eigenvalue weighted by Gasteiger charge is -2.19. The average molecular weight is 304 g/mol. The Morgan fingerprint density at radius 1 is 0.810 bits per heavy atom. The van der Waals surface area contributed by atoms with Crippen molar-refractivity contribution in [1.29, 1.82) is 0 Å². The molecule has 1 aromatic heterocycles. The van der Waals surface area contributed by atoms with Crippen molar-refractivity contribution in [2.45, 2.75) is 39.5 Å². The van der Waals surface area contributed by atoms with E-state index in [-0.39, 0.29) is 0 Å². The zero-order valence-electron chi connectivity index (χ0n) is 13.0. The molecule has 0 spiro atoms. The molecule has 0 aliphatic heterocycles. The van der Waals surface area contributed by atoms with Crippen LogP contribution in [0.1, 0.15) is 27.8 Å². The summed E-state index contributed by atoms with van der Waals surface area (Å²) in [6, 6.07) is 3.27. The fourth-order valence-electron chi connectivity index (χ4n) is 2.49. The standard InChI is InChI=1S/C16H20N2O2S/c1-10-11(2)13(4)16(14(5)12(10)3)21(19,20)18-15-6-8-17-9-7-15/h6-9H,1-5H3,(H,17,18). The predicted octanol–water partition coefficient (Wildman–Crippen LogP) is 3.42. The van der Waals surface area contributed by atoms with E-state index < -0.39 is 10.0 Å². The molecule has 0 saturated carbocycles. The first kappa shape index (κ1) is 15.5. The molecule has 0 aliphatic carbocycles. The molecule has 112 valence electrons. The van der Waals surface area contributed by atoms with E-state index in [9.17, 15) is 8.42 Å². The number of aromatic nitrogens is 1. The highest BCUT2D eigenvalue weighted by molar-refractivity contribution is 7.92. The van der Waals surface area contributed by atoms with Gasteiger partial charge in [-0.1, -0.05) is 0 Å². The molecule has 0 bridgehead atoms. The molecule has 0 aliphatic rings. The maximum atomic E-state index is 12.7. The van der Waals surface area contributed by atoms with Crippen LogP contribution < -0.4 is 4.72 Å². The molecule has 1 aromatic carbocycles. The highest BCUT2D eigenvalue weighted by Gasteiger charge is 2.23. The van der Waals surface area contributed by atoms with Gasteiger partial charge in [0.2, 0.25) is 0 Å². The number of anilines is 1. The molecule has 0 amide bonds. The fourth-order valence-corrected chi connectivity index (χ4v) is 4.16. The second kappa shape index (κ2) is 5.48. The van der Waals surface area contributed by atoms with Gasteiger partial charge in [0.1, 0.15) is 0 Å². The van der Waals surface area contributed by atoms with Gasteiger partial charge in [-0.2, -0.15) is 0 Å². The molecule has 0 atom stereocenters. The largest absolute Gasteiger partial charge is 0.280 e. The summed E-state index contributed by atoms with van der Waals surface area (Å²) in [6.45, 7) is 9.66. The van der Waals surface area contributed by atoms with Gasteiger partial charge in [-0.05, 0) is 74.6 Å². The van der Waals surface area contributed by atoms with Crippen LogP contribution in [0.3, 0.4) is 0 Å². The van der Waals surface area contributed by atoms with Crippen LogP contribution in [-0.4, -0.2) is 13.4 Å². The predicted molar refractivity (Wildman–Crippen MR) is 85.2 cm³/mol. The van der Waals surface area contributed by atoms with E-state index in [0.29, 0.717) is 10.6 Å².